The number of carbonyl (C=O) groups is 1. The van der Waals surface area contributed by atoms with Crippen LogP contribution >= 0.6 is 0 Å². The van der Waals surface area contributed by atoms with E-state index in [0.29, 0.717) is 57.0 Å². The summed E-state index contributed by atoms with van der Waals surface area (Å²) in [4.78, 5) is 27.0. The van der Waals surface area contributed by atoms with Crippen molar-refractivity contribution in [1.82, 2.24) is 14.9 Å². The molecular weight excluding hydrogens is 426 g/mol. The number of hydrogen-bond acceptors (Lipinski definition) is 6. The molecule has 2 aromatic carbocycles. The van der Waals surface area contributed by atoms with Gasteiger partial charge in [-0.25, -0.2) is 4.98 Å². The molecule has 7 nitrogen and oxygen atoms in total. The molecule has 0 aliphatic carbocycles. The molecule has 5 rings (SSSR count). The second-order valence-corrected chi connectivity index (χ2v) is 9.28. The maximum atomic E-state index is 13.3. The molecule has 0 unspecified atom stereocenters. The molecule has 1 N–H and O–H groups in total. The minimum Gasteiger partial charge on any atom is -0.378 e. The smallest absolute Gasteiger partial charge is 0.273 e. The molecule has 1 saturated heterocycles. The van der Waals surface area contributed by atoms with Gasteiger partial charge >= 0.3 is 0 Å². The third-order valence-corrected chi connectivity index (χ3v) is 6.26. The van der Waals surface area contributed by atoms with E-state index < -0.39 is 0 Å². The van der Waals surface area contributed by atoms with Crippen molar-refractivity contribution in [3.8, 4) is 0 Å². The van der Waals surface area contributed by atoms with Gasteiger partial charge in [0.25, 0.3) is 5.91 Å². The molecule has 0 saturated carbocycles. The van der Waals surface area contributed by atoms with Crippen molar-refractivity contribution in [3.05, 3.63) is 83.0 Å². The predicted molar refractivity (Wildman–Crippen MR) is 133 cm³/mol. The van der Waals surface area contributed by atoms with Gasteiger partial charge in [0.05, 0.1) is 25.8 Å². The molecule has 2 aliphatic heterocycles. The summed E-state index contributed by atoms with van der Waals surface area (Å²) in [7, 11) is 0. The molecule has 3 heterocycles. The van der Waals surface area contributed by atoms with Crippen LogP contribution in [0.2, 0.25) is 0 Å². The minimum absolute atomic E-state index is 0.0142. The molecule has 1 aromatic heterocycles. The first kappa shape index (κ1) is 22.3. The van der Waals surface area contributed by atoms with Crippen LogP contribution < -0.4 is 10.2 Å². The van der Waals surface area contributed by atoms with Gasteiger partial charge in [-0.15, -0.1) is 0 Å². The number of hydrogen-bond donors (Lipinski definition) is 1. The number of ether oxygens (including phenoxy) is 1. The van der Waals surface area contributed by atoms with Crippen molar-refractivity contribution in [2.24, 2.45) is 5.92 Å². The number of anilines is 2. The Morgan fingerprint density at radius 2 is 1.56 bits per heavy atom. The number of carbonyl (C=O) groups excluding carboxylic acids is 1. The summed E-state index contributed by atoms with van der Waals surface area (Å²) in [6.45, 7) is 8.16. The quantitative estimate of drug-likeness (QED) is 0.575. The van der Waals surface area contributed by atoms with Gasteiger partial charge in [0, 0.05) is 25.2 Å². The number of morpholine rings is 1. The van der Waals surface area contributed by atoms with Crippen LogP contribution in [0.5, 0.6) is 0 Å². The van der Waals surface area contributed by atoms with E-state index in [2.05, 4.69) is 48.3 Å². The Kier molecular flexibility index (Phi) is 6.45. The van der Waals surface area contributed by atoms with Crippen molar-refractivity contribution in [1.29, 1.82) is 0 Å². The molecule has 176 valence electrons. The van der Waals surface area contributed by atoms with E-state index in [0.717, 1.165) is 22.5 Å². The molecule has 0 spiro atoms. The second kappa shape index (κ2) is 9.81. The monoisotopic (exact) mass is 457 g/mol. The summed E-state index contributed by atoms with van der Waals surface area (Å²) in [5.41, 5.74) is 3.66. The summed E-state index contributed by atoms with van der Waals surface area (Å²) >= 11 is 0. The third-order valence-electron chi connectivity index (χ3n) is 6.26. The van der Waals surface area contributed by atoms with E-state index in [1.54, 1.807) is 0 Å². The van der Waals surface area contributed by atoms with Crippen LogP contribution in [0.4, 0.5) is 11.8 Å². The van der Waals surface area contributed by atoms with Crippen molar-refractivity contribution < 1.29 is 9.53 Å². The van der Waals surface area contributed by atoms with Gasteiger partial charge in [-0.1, -0.05) is 74.5 Å². The van der Waals surface area contributed by atoms with Gasteiger partial charge in [-0.05, 0) is 17.0 Å². The fourth-order valence-electron chi connectivity index (χ4n) is 4.61. The van der Waals surface area contributed by atoms with E-state index >= 15 is 0 Å². The number of fused-ring (bicyclic) bond motifs is 1. The average molecular weight is 458 g/mol. The summed E-state index contributed by atoms with van der Waals surface area (Å²) in [6.07, 6.45) is 0. The van der Waals surface area contributed by atoms with E-state index in [1.165, 1.54) is 0 Å². The molecule has 0 atom stereocenters. The Balaban J connectivity index is 1.57. The first-order valence-electron chi connectivity index (χ1n) is 12.0. The number of benzene rings is 2. The maximum Gasteiger partial charge on any atom is 0.273 e. The zero-order valence-corrected chi connectivity index (χ0v) is 19.8. The minimum atomic E-state index is -0.104. The van der Waals surface area contributed by atoms with Crippen molar-refractivity contribution in [2.75, 3.05) is 43.1 Å². The van der Waals surface area contributed by atoms with Crippen molar-refractivity contribution in [3.63, 3.8) is 0 Å². The van der Waals surface area contributed by atoms with Crippen LogP contribution in [-0.2, 0) is 11.3 Å². The predicted octanol–water partition coefficient (Wildman–Crippen LogP) is 4.13. The third kappa shape index (κ3) is 4.61. The molecular formula is C27H31N5O2. The van der Waals surface area contributed by atoms with E-state index in [9.17, 15) is 4.79 Å². The largest absolute Gasteiger partial charge is 0.378 e. The standard InChI is InChI=1S/C27H31N5O2/c1-19(2)17-32-18-22-24(26(32)33)29-27(31-13-15-34-16-14-31)30-25(22)28-23(20-9-5-3-6-10-20)21-11-7-4-8-12-21/h3-12,19,23H,13-18H2,1-2H3,(H,28,29,30). The SMILES string of the molecule is CC(C)CN1Cc2c(NC(c3ccccc3)c3ccccc3)nc(N3CCOCC3)nc2C1=O. The van der Waals surface area contributed by atoms with E-state index in [-0.39, 0.29) is 11.9 Å². The Morgan fingerprint density at radius 3 is 2.15 bits per heavy atom. The second-order valence-electron chi connectivity index (χ2n) is 9.28. The molecule has 1 amide bonds. The maximum absolute atomic E-state index is 13.3. The Hall–Kier alpha value is -3.45. The lowest BCUT2D eigenvalue weighted by atomic mass is 9.98. The lowest BCUT2D eigenvalue weighted by molar-refractivity contribution is 0.0755. The van der Waals surface area contributed by atoms with Gasteiger partial charge in [0.2, 0.25) is 5.95 Å². The first-order chi connectivity index (χ1) is 16.6. The summed E-state index contributed by atoms with van der Waals surface area (Å²) in [5.74, 6) is 1.68. The normalized spacial score (nSPS) is 15.8. The topological polar surface area (TPSA) is 70.6 Å². The molecule has 0 bridgehead atoms. The van der Waals surface area contributed by atoms with Gasteiger partial charge in [0.15, 0.2) is 0 Å². The highest BCUT2D eigenvalue weighted by molar-refractivity contribution is 5.98. The number of nitrogens with one attached hydrogen (secondary N) is 1. The van der Waals surface area contributed by atoms with Crippen LogP contribution in [0.15, 0.2) is 60.7 Å². The van der Waals surface area contributed by atoms with Crippen LogP contribution in [0.1, 0.15) is 47.1 Å². The molecule has 34 heavy (non-hydrogen) atoms. The lowest BCUT2D eigenvalue weighted by Gasteiger charge is -2.28. The van der Waals surface area contributed by atoms with E-state index in [1.807, 2.05) is 41.3 Å². The molecule has 0 radical (unpaired) electrons. The Labute approximate surface area is 200 Å². The number of aromatic nitrogens is 2. The summed E-state index contributed by atoms with van der Waals surface area (Å²) in [6, 6.07) is 20.6. The van der Waals surface area contributed by atoms with Gasteiger partial charge < -0.3 is 19.9 Å². The van der Waals surface area contributed by atoms with Crippen LogP contribution in [-0.4, -0.2) is 53.6 Å². The number of rotatable bonds is 7. The lowest BCUT2D eigenvalue weighted by Crippen LogP contribution is -2.37. The fraction of sp³-hybridized carbons (Fsp3) is 0.370. The van der Waals surface area contributed by atoms with Crippen LogP contribution in [0.25, 0.3) is 0 Å². The molecule has 1 fully saturated rings. The zero-order chi connectivity index (χ0) is 23.5. The van der Waals surface area contributed by atoms with Crippen LogP contribution in [0, 0.1) is 5.92 Å². The van der Waals surface area contributed by atoms with Gasteiger partial charge in [0.1, 0.15) is 11.5 Å². The van der Waals surface area contributed by atoms with Crippen LogP contribution in [0.3, 0.4) is 0 Å². The summed E-state index contributed by atoms with van der Waals surface area (Å²) < 4.78 is 5.52. The fourth-order valence-corrected chi connectivity index (χ4v) is 4.61. The van der Waals surface area contributed by atoms with Gasteiger partial charge in [-0.3, -0.25) is 4.79 Å². The highest BCUT2D eigenvalue weighted by atomic mass is 16.5. The van der Waals surface area contributed by atoms with Crippen molar-refractivity contribution in [2.45, 2.75) is 26.4 Å². The molecule has 3 aromatic rings. The first-order valence-corrected chi connectivity index (χ1v) is 12.0. The number of amides is 1. The Bertz CT molecular complexity index is 1090. The molecule has 7 heteroatoms. The van der Waals surface area contributed by atoms with Gasteiger partial charge in [-0.2, -0.15) is 4.98 Å². The molecule has 2 aliphatic rings. The average Bonchev–Trinajstić information content (AvgIpc) is 3.18. The highest BCUT2D eigenvalue weighted by Gasteiger charge is 2.34. The zero-order valence-electron chi connectivity index (χ0n) is 19.8. The van der Waals surface area contributed by atoms with E-state index in [4.69, 9.17) is 14.7 Å². The highest BCUT2D eigenvalue weighted by Crippen LogP contribution is 2.34. The van der Waals surface area contributed by atoms with Crippen molar-refractivity contribution >= 4 is 17.7 Å². The summed E-state index contributed by atoms with van der Waals surface area (Å²) in [5, 5.41) is 3.70. The Morgan fingerprint density at radius 1 is 0.941 bits per heavy atom. The number of nitrogens with zero attached hydrogens (tertiary/aromatic N) is 4.